The van der Waals surface area contributed by atoms with E-state index >= 15 is 0 Å². The molecule has 0 aromatic heterocycles. The van der Waals surface area contributed by atoms with Gasteiger partial charge in [-0.2, -0.15) is 0 Å². The molecular formula is C60H93N9O13. The number of nitrogens with zero attached hydrogens (tertiary/aromatic N) is 4. The van der Waals surface area contributed by atoms with Gasteiger partial charge in [0.1, 0.15) is 18.1 Å². The minimum Gasteiger partial charge on any atom is -0.481 e. The summed E-state index contributed by atoms with van der Waals surface area (Å²) in [5.74, 6) is -5.52. The summed E-state index contributed by atoms with van der Waals surface area (Å²) in [4.78, 5) is 132. The first kappa shape index (κ1) is 68.0. The van der Waals surface area contributed by atoms with Crippen LogP contribution in [0.1, 0.15) is 118 Å². The Kier molecular flexibility index (Phi) is 27.3. The predicted octanol–water partition coefficient (Wildman–Crippen LogP) is 4.16. The second-order valence-corrected chi connectivity index (χ2v) is 22.9. The number of carboxylic acid groups (broad SMARTS) is 1. The number of aliphatic carboxylic acids is 1. The van der Waals surface area contributed by atoms with E-state index < -0.39 is 89.9 Å². The second-order valence-electron chi connectivity index (χ2n) is 22.9. The molecule has 0 saturated carbocycles. The SMILES string of the molecule is CC[C@H](C)[C@@H]([C@@H](CC(=O)N1CCC[C@H]1[C@H](OC)[C@@H](C)C(=O)N[C@@H](Cc1ccccc1)C(=O)NOCc1ccc(NC(=O)[C@@H](C)NC(=O)CCC(=O)N2CCC(C(=O)O)CC2)cc1)OC)N(C)C(=O)[C@@H](NC(=O)C(C(C)C)N(C)C)C(C)C. The van der Waals surface area contributed by atoms with Gasteiger partial charge in [0.2, 0.25) is 41.4 Å². The van der Waals surface area contributed by atoms with Gasteiger partial charge >= 0.3 is 5.97 Å². The summed E-state index contributed by atoms with van der Waals surface area (Å²) in [7, 11) is 8.40. The minimum atomic E-state index is -1.08. The Bertz CT molecular complexity index is 2430. The Labute approximate surface area is 484 Å². The fourth-order valence-corrected chi connectivity index (χ4v) is 11.1. The van der Waals surface area contributed by atoms with Crippen molar-refractivity contribution in [3.05, 3.63) is 65.7 Å². The number of carboxylic acids is 1. The molecule has 2 heterocycles. The van der Waals surface area contributed by atoms with Gasteiger partial charge < -0.3 is 50.5 Å². The molecule has 0 radical (unpaired) electrons. The molecule has 10 atom stereocenters. The first-order valence-electron chi connectivity index (χ1n) is 28.9. The standard InChI is InChI=1S/C60H93N9O13/c1-14-38(6)53(67(11)59(77)51(36(2)3)64-58(76)52(37(4)5)66(9)10)47(80-12)34-50(72)69-30-18-21-46(69)54(81-13)39(7)55(73)63-45(33-41-19-16-15-17-20-41)57(75)65-82-35-42-22-24-44(25-23-42)62-56(74)40(8)61-48(70)26-27-49(71)68-31-28-43(29-32-68)60(78)79/h15-17,19-20,22-25,36-40,43,45-47,51-54H,14,18,21,26-35H2,1-13H3,(H,61,70)(H,62,74)(H,63,73)(H,64,76)(H,65,75)(H,78,79)/t38-,39+,40+,45-,46-,47+,51-,52?,53-,54+/m0/s1. The maximum absolute atomic E-state index is 14.5. The van der Waals surface area contributed by atoms with Crippen LogP contribution >= 0.6 is 0 Å². The topological polar surface area (TPSA) is 275 Å². The third-order valence-electron chi connectivity index (χ3n) is 16.0. The molecule has 2 aromatic rings. The van der Waals surface area contributed by atoms with Crippen LogP contribution in [0, 0.1) is 29.6 Å². The molecule has 2 saturated heterocycles. The molecule has 2 aliphatic heterocycles. The number of rotatable bonds is 31. The Morgan fingerprint density at radius 1 is 0.707 bits per heavy atom. The van der Waals surface area contributed by atoms with Crippen molar-refractivity contribution in [1.29, 1.82) is 0 Å². The van der Waals surface area contributed by atoms with Gasteiger partial charge in [0.15, 0.2) is 0 Å². The number of hydrogen-bond donors (Lipinski definition) is 6. The maximum Gasteiger partial charge on any atom is 0.306 e. The minimum absolute atomic E-state index is 0.00364. The highest BCUT2D eigenvalue weighted by Gasteiger charge is 2.44. The lowest BCUT2D eigenvalue weighted by atomic mass is 9.89. The van der Waals surface area contributed by atoms with Crippen LogP contribution in [0.15, 0.2) is 54.6 Å². The lowest BCUT2D eigenvalue weighted by Gasteiger charge is -2.41. The fraction of sp³-hybridized carbons (Fsp3) is 0.650. The molecule has 8 amide bonds. The van der Waals surface area contributed by atoms with Gasteiger partial charge in [-0.3, -0.25) is 52.9 Å². The number of likely N-dealkylation sites (tertiary alicyclic amines) is 2. The summed E-state index contributed by atoms with van der Waals surface area (Å²) in [5.41, 5.74) is 4.33. The van der Waals surface area contributed by atoms with E-state index in [4.69, 9.17) is 14.3 Å². The molecule has 22 nitrogen and oxygen atoms in total. The molecule has 2 aromatic carbocycles. The number of benzene rings is 2. The number of likely N-dealkylation sites (N-methyl/N-ethyl adjacent to an activating group) is 2. The predicted molar refractivity (Wildman–Crippen MR) is 309 cm³/mol. The van der Waals surface area contributed by atoms with Crippen LogP contribution < -0.4 is 26.7 Å². The van der Waals surface area contributed by atoms with Crippen LogP contribution in [0.4, 0.5) is 5.69 Å². The number of methoxy groups -OCH3 is 2. The first-order chi connectivity index (χ1) is 38.8. The molecule has 22 heteroatoms. The zero-order valence-electron chi connectivity index (χ0n) is 50.5. The van der Waals surface area contributed by atoms with Crippen LogP contribution in [0.25, 0.3) is 0 Å². The summed E-state index contributed by atoms with van der Waals surface area (Å²) >= 11 is 0. The molecule has 1 unspecified atom stereocenters. The normalized spacial score (nSPS) is 18.1. The summed E-state index contributed by atoms with van der Waals surface area (Å²) in [6.07, 6.45) is 1.06. The van der Waals surface area contributed by atoms with E-state index in [0.29, 0.717) is 63.0 Å². The van der Waals surface area contributed by atoms with Crippen LogP contribution in [0.3, 0.4) is 0 Å². The van der Waals surface area contributed by atoms with Crippen molar-refractivity contribution in [2.75, 3.05) is 60.3 Å². The van der Waals surface area contributed by atoms with E-state index in [1.807, 2.05) is 90.9 Å². The molecule has 82 heavy (non-hydrogen) atoms. The number of carbonyl (C=O) groups is 9. The average molecular weight is 1150 g/mol. The molecule has 2 aliphatic rings. The highest BCUT2D eigenvalue weighted by molar-refractivity contribution is 5.97. The van der Waals surface area contributed by atoms with Crippen LogP contribution in [-0.4, -0.2) is 181 Å². The van der Waals surface area contributed by atoms with Crippen molar-refractivity contribution in [2.24, 2.45) is 29.6 Å². The molecule has 6 N–H and O–H groups in total. The fourth-order valence-electron chi connectivity index (χ4n) is 11.1. The molecule has 456 valence electrons. The third kappa shape index (κ3) is 19.6. The number of anilines is 1. The van der Waals surface area contributed by atoms with E-state index in [1.165, 1.54) is 21.1 Å². The van der Waals surface area contributed by atoms with Gasteiger partial charge in [-0.1, -0.05) is 97.4 Å². The number of piperidine rings is 1. The monoisotopic (exact) mass is 1150 g/mol. The van der Waals surface area contributed by atoms with Crippen LogP contribution in [0.5, 0.6) is 0 Å². The Morgan fingerprint density at radius 3 is 1.91 bits per heavy atom. The molecule has 4 rings (SSSR count). The smallest absolute Gasteiger partial charge is 0.306 e. The van der Waals surface area contributed by atoms with Crippen molar-refractivity contribution in [3.63, 3.8) is 0 Å². The van der Waals surface area contributed by atoms with Crippen LogP contribution in [-0.2, 0) is 70.5 Å². The van der Waals surface area contributed by atoms with E-state index in [9.17, 15) is 48.3 Å². The van der Waals surface area contributed by atoms with E-state index in [2.05, 4.69) is 26.7 Å². The van der Waals surface area contributed by atoms with E-state index in [0.717, 1.165) is 5.56 Å². The van der Waals surface area contributed by atoms with Crippen molar-refractivity contribution in [3.8, 4) is 0 Å². The van der Waals surface area contributed by atoms with Gasteiger partial charge in [-0.15, -0.1) is 0 Å². The molecular weight excluding hydrogens is 1050 g/mol. The number of hydroxylamine groups is 1. The lowest BCUT2D eigenvalue weighted by Crippen LogP contribution is -2.59. The number of carbonyl (C=O) groups excluding carboxylic acids is 8. The summed E-state index contributed by atoms with van der Waals surface area (Å²) in [5, 5.41) is 20.5. The van der Waals surface area contributed by atoms with Gasteiger partial charge in [0.05, 0.1) is 55.2 Å². The van der Waals surface area contributed by atoms with Crippen molar-refractivity contribution >= 4 is 58.9 Å². The number of amides is 8. The zero-order valence-corrected chi connectivity index (χ0v) is 50.5. The molecule has 0 spiro atoms. The molecule has 0 aliphatic carbocycles. The van der Waals surface area contributed by atoms with Crippen molar-refractivity contribution in [2.45, 2.75) is 168 Å². The summed E-state index contributed by atoms with van der Waals surface area (Å²) in [6, 6.07) is 11.5. The average Bonchev–Trinajstić information content (AvgIpc) is 4.15. The van der Waals surface area contributed by atoms with Gasteiger partial charge in [-0.05, 0) is 87.7 Å². The first-order valence-corrected chi connectivity index (χ1v) is 28.9. The van der Waals surface area contributed by atoms with E-state index in [-0.39, 0.29) is 73.7 Å². The highest BCUT2D eigenvalue weighted by atomic mass is 16.7. The van der Waals surface area contributed by atoms with Gasteiger partial charge in [0, 0.05) is 65.9 Å². The van der Waals surface area contributed by atoms with Crippen LogP contribution in [0.2, 0.25) is 0 Å². The summed E-state index contributed by atoms with van der Waals surface area (Å²) in [6.45, 7) is 16.0. The van der Waals surface area contributed by atoms with Crippen molar-refractivity contribution < 1.29 is 62.6 Å². The second kappa shape index (κ2) is 33.0. The quantitative estimate of drug-likeness (QED) is 0.0579. The van der Waals surface area contributed by atoms with Gasteiger partial charge in [0.25, 0.3) is 5.91 Å². The number of nitrogens with one attached hydrogen (secondary N) is 5. The lowest BCUT2D eigenvalue weighted by molar-refractivity contribution is -0.148. The van der Waals surface area contributed by atoms with E-state index in [1.54, 1.807) is 52.9 Å². The Hall–Kier alpha value is -6.49. The highest BCUT2D eigenvalue weighted by Crippen LogP contribution is 2.30. The zero-order chi connectivity index (χ0) is 61.0. The van der Waals surface area contributed by atoms with Crippen molar-refractivity contribution in [1.82, 2.24) is 41.0 Å². The molecule has 2 fully saturated rings. The summed E-state index contributed by atoms with van der Waals surface area (Å²) < 4.78 is 12.1. The Morgan fingerprint density at radius 2 is 1.35 bits per heavy atom. The maximum atomic E-state index is 14.5. The largest absolute Gasteiger partial charge is 0.481 e. The van der Waals surface area contributed by atoms with Gasteiger partial charge in [-0.25, -0.2) is 5.48 Å². The number of ether oxygens (including phenoxy) is 2. The third-order valence-corrected chi connectivity index (χ3v) is 16.0. The number of hydrogen-bond acceptors (Lipinski definition) is 13. The Balaban J connectivity index is 1.36. The molecule has 0 bridgehead atoms.